The molecule has 0 fully saturated rings. The van der Waals surface area contributed by atoms with Gasteiger partial charge >= 0.3 is 10.1 Å². The largest absolute Gasteiger partial charge is 0.454 e. The second kappa shape index (κ2) is 8.10. The lowest BCUT2D eigenvalue weighted by Gasteiger charge is -2.27. The Kier molecular flexibility index (Phi) is 5.79. The number of hydrogen-bond acceptors (Lipinski definition) is 6. The maximum absolute atomic E-state index is 13.0. The van der Waals surface area contributed by atoms with E-state index in [2.05, 4.69) is 0 Å². The van der Waals surface area contributed by atoms with Crippen molar-refractivity contribution in [2.75, 3.05) is 12.5 Å². The van der Waals surface area contributed by atoms with Crippen LogP contribution in [0.2, 0.25) is 0 Å². The van der Waals surface area contributed by atoms with E-state index in [0.29, 0.717) is 23.6 Å². The van der Waals surface area contributed by atoms with Crippen molar-refractivity contribution < 1.29 is 26.9 Å². The molecule has 1 aliphatic rings. The van der Waals surface area contributed by atoms with Gasteiger partial charge in [0.15, 0.2) is 11.5 Å². The standard InChI is InChI=1S/C20H23NO6S/c1-4-28(23,24)27-17-8-5-15(6-9-17)12-21(14(2)3)20(22)16-7-10-18-19(11-16)26-13-25-18/h5-11,14H,4,12-13H2,1-3H3. The minimum Gasteiger partial charge on any atom is -0.454 e. The number of ether oxygens (including phenoxy) is 2. The van der Waals surface area contributed by atoms with Gasteiger partial charge in [0, 0.05) is 18.2 Å². The molecular formula is C20H23NO6S. The van der Waals surface area contributed by atoms with Crippen LogP contribution in [0, 0.1) is 0 Å². The number of nitrogens with zero attached hydrogens (tertiary/aromatic N) is 1. The Balaban J connectivity index is 1.75. The maximum Gasteiger partial charge on any atom is 0.308 e. The van der Waals surface area contributed by atoms with E-state index in [-0.39, 0.29) is 30.2 Å². The van der Waals surface area contributed by atoms with Crippen molar-refractivity contribution in [3.63, 3.8) is 0 Å². The van der Waals surface area contributed by atoms with Gasteiger partial charge in [-0.1, -0.05) is 12.1 Å². The van der Waals surface area contributed by atoms with E-state index >= 15 is 0 Å². The normalized spacial score (nSPS) is 12.9. The number of rotatable bonds is 7. The van der Waals surface area contributed by atoms with Crippen LogP contribution in [0.5, 0.6) is 17.2 Å². The second-order valence-corrected chi connectivity index (χ2v) is 8.53. The molecule has 0 saturated heterocycles. The van der Waals surface area contributed by atoms with Crippen molar-refractivity contribution in [3.8, 4) is 17.2 Å². The van der Waals surface area contributed by atoms with Crippen LogP contribution in [-0.4, -0.2) is 37.8 Å². The zero-order valence-corrected chi connectivity index (χ0v) is 16.9. The molecule has 0 aromatic heterocycles. The zero-order valence-electron chi connectivity index (χ0n) is 16.0. The SMILES string of the molecule is CCS(=O)(=O)Oc1ccc(CN(C(=O)c2ccc3c(c2)OCO3)C(C)C)cc1. The fraction of sp³-hybridized carbons (Fsp3) is 0.350. The average molecular weight is 405 g/mol. The summed E-state index contributed by atoms with van der Waals surface area (Å²) in [6.07, 6.45) is 0. The van der Waals surface area contributed by atoms with Crippen molar-refractivity contribution in [2.45, 2.75) is 33.4 Å². The smallest absolute Gasteiger partial charge is 0.308 e. The predicted molar refractivity (Wildman–Crippen MR) is 104 cm³/mol. The highest BCUT2D eigenvalue weighted by Gasteiger charge is 2.22. The molecule has 2 aromatic rings. The molecule has 1 amide bonds. The second-order valence-electron chi connectivity index (χ2n) is 6.67. The molecule has 150 valence electrons. The Hall–Kier alpha value is -2.74. The van der Waals surface area contributed by atoms with E-state index in [1.54, 1.807) is 47.4 Å². The Morgan fingerprint density at radius 1 is 1.11 bits per heavy atom. The first kappa shape index (κ1) is 20.0. The Labute approximate surface area is 164 Å². The highest BCUT2D eigenvalue weighted by atomic mass is 32.2. The lowest BCUT2D eigenvalue weighted by atomic mass is 10.1. The van der Waals surface area contributed by atoms with Gasteiger partial charge < -0.3 is 18.6 Å². The minimum absolute atomic E-state index is 0.0330. The monoisotopic (exact) mass is 405 g/mol. The average Bonchev–Trinajstić information content (AvgIpc) is 3.14. The molecule has 2 aromatic carbocycles. The molecule has 0 spiro atoms. The summed E-state index contributed by atoms with van der Waals surface area (Å²) in [6, 6.07) is 11.8. The molecule has 0 unspecified atom stereocenters. The molecule has 0 radical (unpaired) electrons. The van der Waals surface area contributed by atoms with Crippen molar-refractivity contribution in [3.05, 3.63) is 53.6 Å². The van der Waals surface area contributed by atoms with Crippen molar-refractivity contribution in [1.29, 1.82) is 0 Å². The van der Waals surface area contributed by atoms with Gasteiger partial charge in [-0.3, -0.25) is 4.79 Å². The summed E-state index contributed by atoms with van der Waals surface area (Å²) in [4.78, 5) is 14.7. The van der Waals surface area contributed by atoms with Crippen LogP contribution in [-0.2, 0) is 16.7 Å². The van der Waals surface area contributed by atoms with E-state index < -0.39 is 10.1 Å². The fourth-order valence-corrected chi connectivity index (χ4v) is 3.26. The predicted octanol–water partition coefficient (Wildman–Crippen LogP) is 3.19. The van der Waals surface area contributed by atoms with Crippen LogP contribution in [0.1, 0.15) is 36.7 Å². The summed E-state index contributed by atoms with van der Waals surface area (Å²) in [5, 5.41) is 0. The first-order valence-corrected chi connectivity index (χ1v) is 10.6. The highest BCUT2D eigenvalue weighted by molar-refractivity contribution is 7.87. The highest BCUT2D eigenvalue weighted by Crippen LogP contribution is 2.33. The van der Waals surface area contributed by atoms with Gasteiger partial charge in [-0.15, -0.1) is 0 Å². The molecule has 0 saturated carbocycles. The molecule has 28 heavy (non-hydrogen) atoms. The minimum atomic E-state index is -3.56. The van der Waals surface area contributed by atoms with Gasteiger partial charge in [0.25, 0.3) is 5.91 Å². The molecular weight excluding hydrogens is 382 g/mol. The molecule has 0 atom stereocenters. The van der Waals surface area contributed by atoms with Crippen molar-refractivity contribution >= 4 is 16.0 Å². The zero-order chi connectivity index (χ0) is 20.3. The number of fused-ring (bicyclic) bond motifs is 1. The fourth-order valence-electron chi connectivity index (χ4n) is 2.74. The number of hydrogen-bond donors (Lipinski definition) is 0. The third-order valence-electron chi connectivity index (χ3n) is 4.36. The van der Waals surface area contributed by atoms with Gasteiger partial charge in [-0.2, -0.15) is 8.42 Å². The molecule has 0 bridgehead atoms. The quantitative estimate of drug-likeness (QED) is 0.658. The van der Waals surface area contributed by atoms with Crippen LogP contribution in [0.3, 0.4) is 0 Å². The van der Waals surface area contributed by atoms with Crippen LogP contribution < -0.4 is 13.7 Å². The Morgan fingerprint density at radius 3 is 2.43 bits per heavy atom. The van der Waals surface area contributed by atoms with Crippen LogP contribution in [0.15, 0.2) is 42.5 Å². The lowest BCUT2D eigenvalue weighted by Crippen LogP contribution is -2.36. The van der Waals surface area contributed by atoms with Gasteiger partial charge in [0.05, 0.1) is 5.75 Å². The van der Waals surface area contributed by atoms with E-state index in [9.17, 15) is 13.2 Å². The lowest BCUT2D eigenvalue weighted by molar-refractivity contribution is 0.0690. The van der Waals surface area contributed by atoms with Crippen molar-refractivity contribution in [2.24, 2.45) is 0 Å². The van der Waals surface area contributed by atoms with Crippen LogP contribution in [0.25, 0.3) is 0 Å². The van der Waals surface area contributed by atoms with E-state index in [1.165, 1.54) is 6.92 Å². The van der Waals surface area contributed by atoms with Crippen LogP contribution >= 0.6 is 0 Å². The van der Waals surface area contributed by atoms with E-state index in [4.69, 9.17) is 13.7 Å². The third kappa shape index (κ3) is 4.56. The molecule has 0 N–H and O–H groups in total. The van der Waals surface area contributed by atoms with Gasteiger partial charge in [-0.05, 0) is 56.7 Å². The van der Waals surface area contributed by atoms with E-state index in [0.717, 1.165) is 5.56 Å². The first-order chi connectivity index (χ1) is 13.3. The summed E-state index contributed by atoms with van der Waals surface area (Å²) in [5.74, 6) is 1.23. The van der Waals surface area contributed by atoms with Gasteiger partial charge in [-0.25, -0.2) is 0 Å². The van der Waals surface area contributed by atoms with Crippen LogP contribution in [0.4, 0.5) is 0 Å². The Bertz CT molecular complexity index is 953. The summed E-state index contributed by atoms with van der Waals surface area (Å²) >= 11 is 0. The first-order valence-electron chi connectivity index (χ1n) is 9.01. The number of carbonyl (C=O) groups is 1. The molecule has 3 rings (SSSR count). The van der Waals surface area contributed by atoms with E-state index in [1.807, 2.05) is 13.8 Å². The van der Waals surface area contributed by atoms with Crippen molar-refractivity contribution in [1.82, 2.24) is 4.90 Å². The molecule has 1 heterocycles. The molecule has 1 aliphatic heterocycles. The van der Waals surface area contributed by atoms with Gasteiger partial charge in [0.2, 0.25) is 6.79 Å². The topological polar surface area (TPSA) is 82.1 Å². The van der Waals surface area contributed by atoms with Gasteiger partial charge in [0.1, 0.15) is 5.75 Å². The molecule has 0 aliphatic carbocycles. The summed E-state index contributed by atoms with van der Waals surface area (Å²) in [5.41, 5.74) is 1.39. The number of amides is 1. The summed E-state index contributed by atoms with van der Waals surface area (Å²) in [6.45, 7) is 5.94. The maximum atomic E-state index is 13.0. The third-order valence-corrected chi connectivity index (χ3v) is 5.51. The summed E-state index contributed by atoms with van der Waals surface area (Å²) in [7, 11) is -3.56. The number of benzene rings is 2. The number of carbonyl (C=O) groups excluding carboxylic acids is 1. The summed E-state index contributed by atoms with van der Waals surface area (Å²) < 4.78 is 38.7. The molecule has 8 heteroatoms. The molecule has 7 nitrogen and oxygen atoms in total. The Morgan fingerprint density at radius 2 is 1.79 bits per heavy atom.